The normalized spacial score (nSPS) is 26.1. The van der Waals surface area contributed by atoms with E-state index in [0.29, 0.717) is 11.2 Å². The lowest BCUT2D eigenvalue weighted by Gasteiger charge is -2.30. The first-order valence-corrected chi connectivity index (χ1v) is 5.50. The van der Waals surface area contributed by atoms with E-state index in [4.69, 9.17) is 4.74 Å². The number of hydrogen-bond acceptors (Lipinski definition) is 3. The number of ether oxygens (including phenoxy) is 1. The molecule has 0 amide bonds. The van der Waals surface area contributed by atoms with E-state index < -0.39 is 0 Å². The summed E-state index contributed by atoms with van der Waals surface area (Å²) in [7, 11) is 0. The van der Waals surface area contributed by atoms with Crippen molar-refractivity contribution in [3.8, 4) is 0 Å². The first-order chi connectivity index (χ1) is 6.70. The van der Waals surface area contributed by atoms with Gasteiger partial charge in [-0.25, -0.2) is 0 Å². The van der Waals surface area contributed by atoms with Crippen LogP contribution in [0.15, 0.2) is 0 Å². The highest BCUT2D eigenvalue weighted by molar-refractivity contribution is 5.76. The predicted molar refractivity (Wildman–Crippen MR) is 54.2 cm³/mol. The maximum absolute atomic E-state index is 11.1. The summed E-state index contributed by atoms with van der Waals surface area (Å²) in [6, 6.07) is 0. The number of ketones is 1. The van der Waals surface area contributed by atoms with E-state index in [1.807, 2.05) is 0 Å². The third kappa shape index (κ3) is 2.55. The van der Waals surface area contributed by atoms with Crippen LogP contribution in [-0.4, -0.2) is 43.5 Å². The van der Waals surface area contributed by atoms with Gasteiger partial charge in [0, 0.05) is 26.1 Å². The number of nitrogens with zero attached hydrogens (tertiary/aromatic N) is 1. The standard InChI is InChI=1S/C11H19NO2/c1-10(13)8-11(2-3-11)9-12-4-6-14-7-5-12/h2-9H2,1H3. The number of carbonyl (C=O) groups is 1. The lowest BCUT2D eigenvalue weighted by Crippen LogP contribution is -2.40. The molecule has 0 spiro atoms. The zero-order valence-electron chi connectivity index (χ0n) is 8.92. The monoisotopic (exact) mass is 197 g/mol. The molecule has 3 heteroatoms. The predicted octanol–water partition coefficient (Wildman–Crippen LogP) is 1.08. The van der Waals surface area contributed by atoms with Gasteiger partial charge in [-0.2, -0.15) is 0 Å². The molecule has 3 nitrogen and oxygen atoms in total. The molecule has 14 heavy (non-hydrogen) atoms. The molecule has 0 aromatic heterocycles. The second-order valence-electron chi connectivity index (χ2n) is 4.77. The zero-order valence-corrected chi connectivity index (χ0v) is 8.92. The summed E-state index contributed by atoms with van der Waals surface area (Å²) in [5.41, 5.74) is 0.350. The second kappa shape index (κ2) is 3.99. The van der Waals surface area contributed by atoms with Gasteiger partial charge in [0.1, 0.15) is 5.78 Å². The largest absolute Gasteiger partial charge is 0.379 e. The van der Waals surface area contributed by atoms with Crippen molar-refractivity contribution in [2.45, 2.75) is 26.2 Å². The van der Waals surface area contributed by atoms with Gasteiger partial charge in [0.15, 0.2) is 0 Å². The quantitative estimate of drug-likeness (QED) is 0.675. The van der Waals surface area contributed by atoms with Crippen molar-refractivity contribution in [1.29, 1.82) is 0 Å². The molecule has 2 rings (SSSR count). The van der Waals surface area contributed by atoms with Gasteiger partial charge >= 0.3 is 0 Å². The van der Waals surface area contributed by atoms with Crippen LogP contribution in [0.4, 0.5) is 0 Å². The molecule has 0 atom stereocenters. The smallest absolute Gasteiger partial charge is 0.130 e. The Bertz CT molecular complexity index is 217. The Morgan fingerprint density at radius 1 is 1.36 bits per heavy atom. The Balaban J connectivity index is 1.80. The Hall–Kier alpha value is -0.410. The lowest BCUT2D eigenvalue weighted by molar-refractivity contribution is -0.118. The Morgan fingerprint density at radius 2 is 2.00 bits per heavy atom. The minimum absolute atomic E-state index is 0.343. The SMILES string of the molecule is CC(=O)CC1(CN2CCOCC2)CC1. The Kier molecular flexibility index (Phi) is 2.88. The second-order valence-corrected chi connectivity index (χ2v) is 4.77. The van der Waals surface area contributed by atoms with Gasteiger partial charge in [-0.3, -0.25) is 4.90 Å². The molecule has 0 radical (unpaired) electrons. The van der Waals surface area contributed by atoms with E-state index in [9.17, 15) is 4.79 Å². The van der Waals surface area contributed by atoms with Gasteiger partial charge in [-0.15, -0.1) is 0 Å². The van der Waals surface area contributed by atoms with Gasteiger partial charge in [-0.1, -0.05) is 0 Å². The number of hydrogen-bond donors (Lipinski definition) is 0. The van der Waals surface area contributed by atoms with Crippen molar-refractivity contribution in [3.63, 3.8) is 0 Å². The van der Waals surface area contributed by atoms with Crippen LogP contribution in [0.1, 0.15) is 26.2 Å². The molecule has 0 aromatic rings. The zero-order chi connectivity index (χ0) is 10.0. The average Bonchev–Trinajstić information content (AvgIpc) is 2.85. The van der Waals surface area contributed by atoms with Crippen molar-refractivity contribution >= 4 is 5.78 Å². The minimum Gasteiger partial charge on any atom is -0.379 e. The molecular formula is C11H19NO2. The van der Waals surface area contributed by atoms with Crippen LogP contribution >= 0.6 is 0 Å². The van der Waals surface area contributed by atoms with Crippen molar-refractivity contribution < 1.29 is 9.53 Å². The van der Waals surface area contributed by atoms with Crippen molar-refractivity contribution in [2.75, 3.05) is 32.8 Å². The summed E-state index contributed by atoms with van der Waals surface area (Å²) in [5, 5.41) is 0. The summed E-state index contributed by atoms with van der Waals surface area (Å²) >= 11 is 0. The highest BCUT2D eigenvalue weighted by Crippen LogP contribution is 2.49. The van der Waals surface area contributed by atoms with Crippen LogP contribution in [-0.2, 0) is 9.53 Å². The minimum atomic E-state index is 0.343. The summed E-state index contributed by atoms with van der Waals surface area (Å²) in [5.74, 6) is 0.343. The fourth-order valence-electron chi connectivity index (χ4n) is 2.33. The Morgan fingerprint density at radius 3 is 2.50 bits per heavy atom. The van der Waals surface area contributed by atoms with Crippen molar-refractivity contribution in [1.82, 2.24) is 4.90 Å². The van der Waals surface area contributed by atoms with E-state index in [0.717, 1.165) is 39.3 Å². The first-order valence-electron chi connectivity index (χ1n) is 5.50. The molecule has 2 fully saturated rings. The van der Waals surface area contributed by atoms with E-state index >= 15 is 0 Å². The molecular weight excluding hydrogens is 178 g/mol. The molecule has 2 aliphatic rings. The fraction of sp³-hybridized carbons (Fsp3) is 0.909. The van der Waals surface area contributed by atoms with Crippen LogP contribution in [0, 0.1) is 5.41 Å². The van der Waals surface area contributed by atoms with Crippen LogP contribution in [0.3, 0.4) is 0 Å². The first kappa shape index (κ1) is 10.1. The molecule has 0 N–H and O–H groups in total. The van der Waals surface area contributed by atoms with Gasteiger partial charge in [-0.05, 0) is 25.2 Å². The fourth-order valence-corrected chi connectivity index (χ4v) is 2.33. The Labute approximate surface area is 85.4 Å². The summed E-state index contributed by atoms with van der Waals surface area (Å²) in [4.78, 5) is 13.5. The van der Waals surface area contributed by atoms with Crippen molar-refractivity contribution in [2.24, 2.45) is 5.41 Å². The summed E-state index contributed by atoms with van der Waals surface area (Å²) < 4.78 is 5.31. The van der Waals surface area contributed by atoms with Crippen LogP contribution in [0.25, 0.3) is 0 Å². The number of rotatable bonds is 4. The molecule has 1 aliphatic carbocycles. The summed E-state index contributed by atoms with van der Waals surface area (Å²) in [6.07, 6.45) is 3.26. The molecule has 0 unspecified atom stereocenters. The molecule has 1 saturated heterocycles. The third-order valence-electron chi connectivity index (χ3n) is 3.24. The van der Waals surface area contributed by atoms with Crippen LogP contribution in [0.2, 0.25) is 0 Å². The number of carbonyl (C=O) groups excluding carboxylic acids is 1. The van der Waals surface area contributed by atoms with Crippen molar-refractivity contribution in [3.05, 3.63) is 0 Å². The molecule has 0 aromatic carbocycles. The molecule has 0 bridgehead atoms. The highest BCUT2D eigenvalue weighted by atomic mass is 16.5. The topological polar surface area (TPSA) is 29.5 Å². The lowest BCUT2D eigenvalue weighted by atomic mass is 9.99. The average molecular weight is 197 g/mol. The van der Waals surface area contributed by atoms with Gasteiger partial charge in [0.05, 0.1) is 13.2 Å². The van der Waals surface area contributed by atoms with E-state index in [1.165, 1.54) is 12.8 Å². The molecule has 1 heterocycles. The maximum atomic E-state index is 11.1. The molecule has 1 aliphatic heterocycles. The van der Waals surface area contributed by atoms with E-state index in [2.05, 4.69) is 4.90 Å². The molecule has 80 valence electrons. The van der Waals surface area contributed by atoms with Gasteiger partial charge in [0.25, 0.3) is 0 Å². The van der Waals surface area contributed by atoms with E-state index in [-0.39, 0.29) is 0 Å². The van der Waals surface area contributed by atoms with Gasteiger partial charge in [0.2, 0.25) is 0 Å². The van der Waals surface area contributed by atoms with Gasteiger partial charge < -0.3 is 9.53 Å². The summed E-state index contributed by atoms with van der Waals surface area (Å²) in [6.45, 7) is 6.61. The highest BCUT2D eigenvalue weighted by Gasteiger charge is 2.44. The maximum Gasteiger partial charge on any atom is 0.130 e. The number of Topliss-reactive ketones (excluding diaryl/α,β-unsaturated/α-hetero) is 1. The molecule has 1 saturated carbocycles. The third-order valence-corrected chi connectivity index (χ3v) is 3.24. The van der Waals surface area contributed by atoms with E-state index in [1.54, 1.807) is 6.92 Å². The number of morpholine rings is 1. The van der Waals surface area contributed by atoms with Crippen LogP contribution < -0.4 is 0 Å². The van der Waals surface area contributed by atoms with Crippen LogP contribution in [0.5, 0.6) is 0 Å².